The summed E-state index contributed by atoms with van der Waals surface area (Å²) in [6.45, 7) is 4.92. The van der Waals surface area contributed by atoms with Gasteiger partial charge < -0.3 is 10.6 Å². The van der Waals surface area contributed by atoms with Gasteiger partial charge in [-0.15, -0.1) is 0 Å². The summed E-state index contributed by atoms with van der Waals surface area (Å²) < 4.78 is 0. The molecule has 6 heteroatoms. The quantitative estimate of drug-likeness (QED) is 0.709. The van der Waals surface area contributed by atoms with Gasteiger partial charge >= 0.3 is 0 Å². The van der Waals surface area contributed by atoms with Gasteiger partial charge in [0.15, 0.2) is 0 Å². The Morgan fingerprint density at radius 2 is 2.47 bits per heavy atom. The molecule has 1 fully saturated rings. The topological polar surface area (TPSA) is 82.7 Å². The van der Waals surface area contributed by atoms with E-state index in [9.17, 15) is 4.79 Å². The van der Waals surface area contributed by atoms with E-state index in [2.05, 4.69) is 32.7 Å². The zero-order chi connectivity index (χ0) is 12.3. The molecular weight excluding hydrogens is 218 g/mol. The SMILES string of the molecule is CC(NC(=O)C1NCCCC1C)c1ncn[nH]1. The molecule has 0 bridgehead atoms. The highest BCUT2D eigenvalue weighted by molar-refractivity contribution is 5.82. The Balaban J connectivity index is 1.92. The fraction of sp³-hybridized carbons (Fsp3) is 0.727. The Hall–Kier alpha value is -1.43. The van der Waals surface area contributed by atoms with Crippen LogP contribution < -0.4 is 10.6 Å². The van der Waals surface area contributed by atoms with E-state index in [1.54, 1.807) is 0 Å². The Labute approximate surface area is 101 Å². The summed E-state index contributed by atoms with van der Waals surface area (Å²) in [5.74, 6) is 1.11. The number of nitrogens with zero attached hydrogens (tertiary/aromatic N) is 2. The van der Waals surface area contributed by atoms with Crippen LogP contribution in [0.2, 0.25) is 0 Å². The molecule has 6 nitrogen and oxygen atoms in total. The van der Waals surface area contributed by atoms with Crippen molar-refractivity contribution in [1.82, 2.24) is 25.8 Å². The third-order valence-corrected chi connectivity index (χ3v) is 3.25. The van der Waals surface area contributed by atoms with Gasteiger partial charge in [-0.1, -0.05) is 6.92 Å². The molecule has 0 aliphatic carbocycles. The summed E-state index contributed by atoms with van der Waals surface area (Å²) in [4.78, 5) is 16.1. The van der Waals surface area contributed by atoms with Gasteiger partial charge in [-0.3, -0.25) is 9.89 Å². The number of hydrogen-bond donors (Lipinski definition) is 3. The van der Waals surface area contributed by atoms with E-state index in [0.717, 1.165) is 19.4 Å². The van der Waals surface area contributed by atoms with E-state index >= 15 is 0 Å². The smallest absolute Gasteiger partial charge is 0.237 e. The molecule has 1 saturated heterocycles. The van der Waals surface area contributed by atoms with Crippen LogP contribution in [0.3, 0.4) is 0 Å². The number of aromatic nitrogens is 3. The molecule has 94 valence electrons. The maximum absolute atomic E-state index is 12.1. The van der Waals surface area contributed by atoms with Crippen LogP contribution in [-0.2, 0) is 4.79 Å². The molecule has 0 saturated carbocycles. The van der Waals surface area contributed by atoms with Crippen LogP contribution in [0.4, 0.5) is 0 Å². The number of carbonyl (C=O) groups is 1. The van der Waals surface area contributed by atoms with Crippen LogP contribution >= 0.6 is 0 Å². The minimum atomic E-state index is -0.138. The molecule has 0 radical (unpaired) electrons. The first-order valence-electron chi connectivity index (χ1n) is 6.07. The number of amides is 1. The van der Waals surface area contributed by atoms with Gasteiger partial charge in [0.05, 0.1) is 12.1 Å². The molecule has 1 amide bonds. The normalized spacial score (nSPS) is 26.5. The van der Waals surface area contributed by atoms with E-state index in [0.29, 0.717) is 11.7 Å². The minimum absolute atomic E-state index is 0.0427. The molecule has 0 spiro atoms. The van der Waals surface area contributed by atoms with Gasteiger partial charge in [0, 0.05) is 0 Å². The maximum atomic E-state index is 12.1. The molecule has 1 aromatic rings. The highest BCUT2D eigenvalue weighted by Gasteiger charge is 2.28. The predicted octanol–water partition coefficient (Wildman–Crippen LogP) is 0.370. The van der Waals surface area contributed by atoms with Gasteiger partial charge in [-0.25, -0.2) is 4.98 Å². The first kappa shape index (κ1) is 12.0. The molecule has 2 heterocycles. The average molecular weight is 237 g/mol. The monoisotopic (exact) mass is 237 g/mol. The summed E-state index contributed by atoms with van der Waals surface area (Å²) in [6.07, 6.45) is 3.68. The fourth-order valence-electron chi connectivity index (χ4n) is 2.20. The zero-order valence-electron chi connectivity index (χ0n) is 10.2. The lowest BCUT2D eigenvalue weighted by molar-refractivity contribution is -0.125. The molecule has 1 aliphatic rings. The molecule has 17 heavy (non-hydrogen) atoms. The minimum Gasteiger partial charge on any atom is -0.345 e. The Morgan fingerprint density at radius 1 is 1.65 bits per heavy atom. The van der Waals surface area contributed by atoms with Crippen LogP contribution in [-0.4, -0.2) is 33.7 Å². The second kappa shape index (κ2) is 5.27. The maximum Gasteiger partial charge on any atom is 0.237 e. The Morgan fingerprint density at radius 3 is 3.12 bits per heavy atom. The van der Waals surface area contributed by atoms with Crippen LogP contribution in [0.5, 0.6) is 0 Å². The van der Waals surface area contributed by atoms with Gasteiger partial charge in [-0.2, -0.15) is 5.10 Å². The Bertz CT molecular complexity index is 364. The molecule has 3 N–H and O–H groups in total. The van der Waals surface area contributed by atoms with Crippen molar-refractivity contribution in [2.24, 2.45) is 5.92 Å². The van der Waals surface area contributed by atoms with Gasteiger partial charge in [0.1, 0.15) is 12.2 Å². The largest absolute Gasteiger partial charge is 0.345 e. The predicted molar refractivity (Wildman–Crippen MR) is 63.1 cm³/mol. The van der Waals surface area contributed by atoms with Crippen molar-refractivity contribution in [2.45, 2.75) is 38.8 Å². The first-order chi connectivity index (χ1) is 8.18. The second-order valence-electron chi connectivity index (χ2n) is 4.65. The van der Waals surface area contributed by atoms with Gasteiger partial charge in [-0.05, 0) is 32.2 Å². The van der Waals surface area contributed by atoms with E-state index < -0.39 is 0 Å². The molecular formula is C11H19N5O. The van der Waals surface area contributed by atoms with Gasteiger partial charge in [0.2, 0.25) is 5.91 Å². The average Bonchev–Trinajstić information content (AvgIpc) is 2.82. The molecule has 2 rings (SSSR count). The fourth-order valence-corrected chi connectivity index (χ4v) is 2.20. The van der Waals surface area contributed by atoms with Crippen LogP contribution in [0, 0.1) is 5.92 Å². The van der Waals surface area contributed by atoms with Crippen LogP contribution in [0.1, 0.15) is 38.6 Å². The second-order valence-corrected chi connectivity index (χ2v) is 4.65. The number of rotatable bonds is 3. The van der Waals surface area contributed by atoms with Crippen molar-refractivity contribution in [1.29, 1.82) is 0 Å². The number of nitrogens with one attached hydrogen (secondary N) is 3. The van der Waals surface area contributed by atoms with E-state index in [-0.39, 0.29) is 18.0 Å². The molecule has 0 aromatic carbocycles. The number of carbonyl (C=O) groups excluding carboxylic acids is 1. The molecule has 3 atom stereocenters. The van der Waals surface area contributed by atoms with Crippen LogP contribution in [0.25, 0.3) is 0 Å². The lowest BCUT2D eigenvalue weighted by atomic mass is 9.92. The van der Waals surface area contributed by atoms with Crippen LogP contribution in [0.15, 0.2) is 6.33 Å². The summed E-state index contributed by atoms with van der Waals surface area (Å²) in [5.41, 5.74) is 0. The number of piperidine rings is 1. The highest BCUT2D eigenvalue weighted by Crippen LogP contribution is 2.16. The first-order valence-corrected chi connectivity index (χ1v) is 6.07. The summed E-state index contributed by atoms with van der Waals surface area (Å²) in [6, 6.07) is -0.227. The molecule has 3 unspecified atom stereocenters. The van der Waals surface area contributed by atoms with Crippen molar-refractivity contribution >= 4 is 5.91 Å². The number of aromatic amines is 1. The lowest BCUT2D eigenvalue weighted by Crippen LogP contribution is -2.51. The Kier molecular flexibility index (Phi) is 3.73. The van der Waals surface area contributed by atoms with Crippen molar-refractivity contribution in [3.63, 3.8) is 0 Å². The van der Waals surface area contributed by atoms with Crippen molar-refractivity contribution in [2.75, 3.05) is 6.54 Å². The zero-order valence-corrected chi connectivity index (χ0v) is 10.2. The standard InChI is InChI=1S/C11H19N5O/c1-7-4-3-5-12-9(7)11(17)15-8(2)10-13-6-14-16-10/h6-9,12H,3-5H2,1-2H3,(H,15,17)(H,13,14,16). The molecule has 1 aliphatic heterocycles. The number of hydrogen-bond acceptors (Lipinski definition) is 4. The highest BCUT2D eigenvalue weighted by atomic mass is 16.2. The van der Waals surface area contributed by atoms with E-state index in [1.165, 1.54) is 6.33 Å². The van der Waals surface area contributed by atoms with E-state index in [4.69, 9.17) is 0 Å². The van der Waals surface area contributed by atoms with Crippen molar-refractivity contribution in [3.05, 3.63) is 12.2 Å². The third kappa shape index (κ3) is 2.82. The van der Waals surface area contributed by atoms with Crippen molar-refractivity contribution in [3.8, 4) is 0 Å². The summed E-state index contributed by atoms with van der Waals surface area (Å²) in [7, 11) is 0. The number of H-pyrrole nitrogens is 1. The summed E-state index contributed by atoms with van der Waals surface area (Å²) >= 11 is 0. The third-order valence-electron chi connectivity index (χ3n) is 3.25. The molecule has 1 aromatic heterocycles. The lowest BCUT2D eigenvalue weighted by Gasteiger charge is -2.29. The van der Waals surface area contributed by atoms with E-state index in [1.807, 2.05) is 6.92 Å². The van der Waals surface area contributed by atoms with Gasteiger partial charge in [0.25, 0.3) is 0 Å². The van der Waals surface area contributed by atoms with Crippen molar-refractivity contribution < 1.29 is 4.79 Å². The summed E-state index contributed by atoms with van der Waals surface area (Å²) in [5, 5.41) is 12.7.